The smallest absolute Gasteiger partial charge is 0.325 e. The topological polar surface area (TPSA) is 98.6 Å². The third-order valence-corrected chi connectivity index (χ3v) is 5.99. The Labute approximate surface area is 161 Å². The molecular weight excluding hydrogens is 362 g/mol. The molecule has 2 aromatic rings. The highest BCUT2D eigenvalue weighted by Crippen LogP contribution is 2.38. The van der Waals surface area contributed by atoms with Gasteiger partial charge < -0.3 is 19.4 Å². The van der Waals surface area contributed by atoms with Crippen molar-refractivity contribution in [2.24, 2.45) is 7.05 Å². The summed E-state index contributed by atoms with van der Waals surface area (Å²) >= 11 is 0. The number of carbonyl (C=O) groups excluding carboxylic acids is 2. The van der Waals surface area contributed by atoms with Crippen molar-refractivity contribution in [3.05, 3.63) is 35.4 Å². The first-order chi connectivity index (χ1) is 13.5. The van der Waals surface area contributed by atoms with E-state index in [0.29, 0.717) is 28.8 Å². The molecule has 9 nitrogen and oxygen atoms in total. The number of nitrogens with zero attached hydrogens (tertiary/aromatic N) is 4. The molecule has 2 fully saturated rings. The standard InChI is InChI=1S/C19H21N5O4/c1-19(12-6-7-13-14(8-12)28-10-27-13)17(25)24(18(26)20-19)9-15-21-22-16(23(15)2)11-4-3-5-11/h6-8,11H,3-5,9-10H2,1-2H3,(H,20,26). The highest BCUT2D eigenvalue weighted by molar-refractivity contribution is 6.07. The summed E-state index contributed by atoms with van der Waals surface area (Å²) in [7, 11) is 1.89. The Morgan fingerprint density at radius 1 is 1.21 bits per heavy atom. The molecule has 0 spiro atoms. The van der Waals surface area contributed by atoms with E-state index in [2.05, 4.69) is 15.5 Å². The Morgan fingerprint density at radius 3 is 2.75 bits per heavy atom. The van der Waals surface area contributed by atoms with Crippen molar-refractivity contribution in [1.82, 2.24) is 25.0 Å². The van der Waals surface area contributed by atoms with Gasteiger partial charge in [-0.1, -0.05) is 12.5 Å². The Bertz CT molecular complexity index is 983. The van der Waals surface area contributed by atoms with Crippen LogP contribution in [-0.4, -0.2) is 38.4 Å². The summed E-state index contributed by atoms with van der Waals surface area (Å²) in [6.07, 6.45) is 3.42. The van der Waals surface area contributed by atoms with E-state index < -0.39 is 11.6 Å². The molecule has 2 aliphatic heterocycles. The molecule has 3 heterocycles. The van der Waals surface area contributed by atoms with Gasteiger partial charge in [-0.2, -0.15) is 0 Å². The number of rotatable bonds is 4. The van der Waals surface area contributed by atoms with Crippen molar-refractivity contribution in [1.29, 1.82) is 0 Å². The first-order valence-corrected chi connectivity index (χ1v) is 9.40. The Hall–Kier alpha value is -3.10. The summed E-state index contributed by atoms with van der Waals surface area (Å²) in [6.45, 7) is 1.93. The van der Waals surface area contributed by atoms with Gasteiger partial charge in [-0.05, 0) is 37.5 Å². The molecule has 1 unspecified atom stereocenters. The van der Waals surface area contributed by atoms with Crippen LogP contribution in [0.15, 0.2) is 18.2 Å². The van der Waals surface area contributed by atoms with Gasteiger partial charge in [0.15, 0.2) is 17.3 Å². The maximum Gasteiger partial charge on any atom is 0.325 e. The number of aromatic nitrogens is 3. The van der Waals surface area contributed by atoms with E-state index in [4.69, 9.17) is 9.47 Å². The lowest BCUT2D eigenvalue weighted by atomic mass is 9.85. The highest BCUT2D eigenvalue weighted by Gasteiger charge is 2.49. The fraction of sp³-hybridized carbons (Fsp3) is 0.474. The molecule has 1 saturated heterocycles. The SMILES string of the molecule is Cn1c(CN2C(=O)NC(C)(c3ccc4c(c3)OCO4)C2=O)nnc1C1CCC1. The molecular formula is C19H21N5O4. The average Bonchev–Trinajstić information content (AvgIpc) is 3.29. The first kappa shape index (κ1) is 17.0. The summed E-state index contributed by atoms with van der Waals surface area (Å²) in [5.74, 6) is 2.81. The van der Waals surface area contributed by atoms with Gasteiger partial charge in [0.25, 0.3) is 5.91 Å². The highest BCUT2D eigenvalue weighted by atomic mass is 16.7. The van der Waals surface area contributed by atoms with E-state index in [1.54, 1.807) is 25.1 Å². The Morgan fingerprint density at radius 2 is 2.00 bits per heavy atom. The van der Waals surface area contributed by atoms with Crippen molar-refractivity contribution in [2.75, 3.05) is 6.79 Å². The lowest BCUT2D eigenvalue weighted by molar-refractivity contribution is -0.131. The minimum Gasteiger partial charge on any atom is -0.454 e. The molecule has 1 saturated carbocycles. The van der Waals surface area contributed by atoms with Gasteiger partial charge in [0.1, 0.15) is 11.4 Å². The van der Waals surface area contributed by atoms with Crippen LogP contribution in [0.5, 0.6) is 11.5 Å². The summed E-state index contributed by atoms with van der Waals surface area (Å²) in [4.78, 5) is 27.0. The fourth-order valence-corrected chi connectivity index (χ4v) is 3.92. The number of amides is 3. The molecule has 3 amide bonds. The van der Waals surface area contributed by atoms with E-state index in [1.807, 2.05) is 11.6 Å². The monoisotopic (exact) mass is 383 g/mol. The Kier molecular flexibility index (Phi) is 3.62. The van der Waals surface area contributed by atoms with Crippen molar-refractivity contribution in [3.8, 4) is 11.5 Å². The number of carbonyl (C=O) groups is 2. The first-order valence-electron chi connectivity index (χ1n) is 9.40. The molecule has 1 N–H and O–H groups in total. The van der Waals surface area contributed by atoms with Crippen LogP contribution in [0, 0.1) is 0 Å². The van der Waals surface area contributed by atoms with E-state index in [1.165, 1.54) is 11.3 Å². The number of ether oxygens (including phenoxy) is 2. The van der Waals surface area contributed by atoms with Crippen LogP contribution >= 0.6 is 0 Å². The Balaban J connectivity index is 1.41. The van der Waals surface area contributed by atoms with Crippen molar-refractivity contribution in [3.63, 3.8) is 0 Å². The molecule has 1 atom stereocenters. The van der Waals surface area contributed by atoms with E-state index in [-0.39, 0.29) is 19.2 Å². The quantitative estimate of drug-likeness (QED) is 0.808. The van der Waals surface area contributed by atoms with Crippen molar-refractivity contribution in [2.45, 2.75) is 44.2 Å². The van der Waals surface area contributed by atoms with Crippen LogP contribution in [0.1, 0.15) is 49.3 Å². The number of imide groups is 1. The molecule has 1 aliphatic carbocycles. The van der Waals surface area contributed by atoms with E-state index in [9.17, 15) is 9.59 Å². The molecule has 146 valence electrons. The predicted octanol–water partition coefficient (Wildman–Crippen LogP) is 1.78. The van der Waals surface area contributed by atoms with Crippen LogP contribution in [0.4, 0.5) is 4.79 Å². The van der Waals surface area contributed by atoms with Crippen molar-refractivity contribution >= 4 is 11.9 Å². The van der Waals surface area contributed by atoms with Gasteiger partial charge in [-0.15, -0.1) is 10.2 Å². The van der Waals surface area contributed by atoms with Crippen LogP contribution < -0.4 is 14.8 Å². The number of hydrogen-bond donors (Lipinski definition) is 1. The zero-order chi connectivity index (χ0) is 19.5. The third-order valence-electron chi connectivity index (χ3n) is 5.99. The van der Waals surface area contributed by atoms with Crippen LogP contribution in [0.25, 0.3) is 0 Å². The normalized spacial score (nSPS) is 23.9. The van der Waals surface area contributed by atoms with Gasteiger partial charge in [-0.25, -0.2) is 4.79 Å². The lowest BCUT2D eigenvalue weighted by Gasteiger charge is -2.24. The second-order valence-electron chi connectivity index (χ2n) is 7.68. The molecule has 28 heavy (non-hydrogen) atoms. The number of hydrogen-bond acceptors (Lipinski definition) is 6. The molecule has 0 radical (unpaired) electrons. The molecule has 9 heteroatoms. The number of benzene rings is 1. The maximum atomic E-state index is 13.2. The van der Waals surface area contributed by atoms with Gasteiger partial charge in [0, 0.05) is 13.0 Å². The van der Waals surface area contributed by atoms with Gasteiger partial charge >= 0.3 is 6.03 Å². The fourth-order valence-electron chi connectivity index (χ4n) is 3.92. The zero-order valence-corrected chi connectivity index (χ0v) is 15.8. The number of nitrogens with one attached hydrogen (secondary N) is 1. The predicted molar refractivity (Wildman–Crippen MR) is 96.6 cm³/mol. The second kappa shape index (κ2) is 5.95. The van der Waals surface area contributed by atoms with Gasteiger partial charge in [0.05, 0.1) is 6.54 Å². The molecule has 5 rings (SSSR count). The molecule has 1 aromatic heterocycles. The average molecular weight is 383 g/mol. The van der Waals surface area contributed by atoms with Crippen LogP contribution in [0.3, 0.4) is 0 Å². The zero-order valence-electron chi connectivity index (χ0n) is 15.8. The number of urea groups is 1. The molecule has 0 bridgehead atoms. The minimum absolute atomic E-state index is 0.0844. The van der Waals surface area contributed by atoms with Crippen molar-refractivity contribution < 1.29 is 19.1 Å². The largest absolute Gasteiger partial charge is 0.454 e. The van der Waals surface area contributed by atoms with Crippen LogP contribution in [-0.2, 0) is 23.9 Å². The third kappa shape index (κ3) is 2.38. The van der Waals surface area contributed by atoms with Crippen LogP contribution in [0.2, 0.25) is 0 Å². The summed E-state index contributed by atoms with van der Waals surface area (Å²) in [6, 6.07) is 4.81. The molecule has 1 aromatic carbocycles. The lowest BCUT2D eigenvalue weighted by Crippen LogP contribution is -2.40. The minimum atomic E-state index is -1.17. The van der Waals surface area contributed by atoms with Gasteiger partial charge in [-0.3, -0.25) is 9.69 Å². The summed E-state index contributed by atoms with van der Waals surface area (Å²) < 4.78 is 12.6. The second-order valence-corrected chi connectivity index (χ2v) is 7.68. The van der Waals surface area contributed by atoms with E-state index >= 15 is 0 Å². The summed E-state index contributed by atoms with van der Waals surface area (Å²) in [5.41, 5.74) is -0.529. The molecule has 3 aliphatic rings. The summed E-state index contributed by atoms with van der Waals surface area (Å²) in [5, 5.41) is 11.3. The maximum absolute atomic E-state index is 13.2. The van der Waals surface area contributed by atoms with E-state index in [0.717, 1.165) is 18.7 Å². The number of fused-ring (bicyclic) bond motifs is 1. The van der Waals surface area contributed by atoms with Gasteiger partial charge in [0.2, 0.25) is 6.79 Å².